The van der Waals surface area contributed by atoms with Crippen LogP contribution in [0.2, 0.25) is 0 Å². The highest BCUT2D eigenvalue weighted by Gasteiger charge is 2.18. The monoisotopic (exact) mass is 192 g/mol. The first kappa shape index (κ1) is 9.40. The summed E-state index contributed by atoms with van der Waals surface area (Å²) in [6.45, 7) is 0. The van der Waals surface area contributed by atoms with Crippen molar-refractivity contribution in [2.24, 2.45) is 5.73 Å². The Morgan fingerprint density at radius 2 is 2.36 bits per heavy atom. The predicted molar refractivity (Wildman–Crippen MR) is 55.9 cm³/mol. The van der Waals surface area contributed by atoms with Crippen LogP contribution in [0.25, 0.3) is 0 Å². The number of nitrogens with zero attached hydrogens (tertiary/aromatic N) is 2. The van der Waals surface area contributed by atoms with Crippen molar-refractivity contribution in [2.75, 3.05) is 5.32 Å². The Morgan fingerprint density at radius 3 is 3.07 bits per heavy atom. The van der Waals surface area contributed by atoms with Gasteiger partial charge >= 0.3 is 0 Å². The van der Waals surface area contributed by atoms with Crippen molar-refractivity contribution in [3.05, 3.63) is 18.3 Å². The van der Waals surface area contributed by atoms with E-state index in [4.69, 9.17) is 5.73 Å². The van der Waals surface area contributed by atoms with Crippen molar-refractivity contribution < 1.29 is 0 Å². The lowest BCUT2D eigenvalue weighted by Crippen LogP contribution is -2.35. The third-order valence-electron chi connectivity index (χ3n) is 2.64. The predicted octanol–water partition coefficient (Wildman–Crippen LogP) is 1.16. The van der Waals surface area contributed by atoms with Crippen LogP contribution in [0.5, 0.6) is 0 Å². The first-order valence-corrected chi connectivity index (χ1v) is 5.14. The number of aromatic nitrogens is 2. The van der Waals surface area contributed by atoms with Crippen molar-refractivity contribution in [2.45, 2.75) is 37.8 Å². The number of hydrogen-bond donors (Lipinski definition) is 2. The average molecular weight is 192 g/mol. The molecule has 1 heterocycles. The summed E-state index contributed by atoms with van der Waals surface area (Å²) in [6, 6.07) is 4.64. The van der Waals surface area contributed by atoms with Crippen LogP contribution in [-0.2, 0) is 0 Å². The van der Waals surface area contributed by atoms with Gasteiger partial charge in [0.25, 0.3) is 0 Å². The molecule has 1 fully saturated rings. The minimum atomic E-state index is 0.345. The lowest BCUT2D eigenvalue weighted by Gasteiger charge is -2.27. The zero-order valence-electron chi connectivity index (χ0n) is 8.19. The molecule has 4 nitrogen and oxygen atoms in total. The molecule has 1 aliphatic carbocycles. The number of nitrogens with one attached hydrogen (secondary N) is 1. The first-order chi connectivity index (χ1) is 6.84. The van der Waals surface area contributed by atoms with E-state index in [2.05, 4.69) is 15.5 Å². The van der Waals surface area contributed by atoms with Gasteiger partial charge in [-0.1, -0.05) is 0 Å². The molecule has 0 bridgehead atoms. The minimum Gasteiger partial charge on any atom is -0.366 e. The maximum Gasteiger partial charge on any atom is 0.148 e. The molecule has 0 saturated heterocycles. The van der Waals surface area contributed by atoms with E-state index in [0.717, 1.165) is 18.7 Å². The maximum absolute atomic E-state index is 5.90. The van der Waals surface area contributed by atoms with Crippen LogP contribution in [-0.4, -0.2) is 22.3 Å². The molecule has 2 unspecified atom stereocenters. The van der Waals surface area contributed by atoms with Gasteiger partial charge in [0.05, 0.1) is 0 Å². The average Bonchev–Trinajstić information content (AvgIpc) is 2.19. The third kappa shape index (κ3) is 2.42. The zero-order chi connectivity index (χ0) is 9.80. The van der Waals surface area contributed by atoms with Crippen LogP contribution in [0.3, 0.4) is 0 Å². The SMILES string of the molecule is NC1CCCC(Nc2cccnn2)C1. The van der Waals surface area contributed by atoms with Crippen molar-refractivity contribution >= 4 is 5.82 Å². The van der Waals surface area contributed by atoms with Crippen molar-refractivity contribution in [3.63, 3.8) is 0 Å². The second-order valence-electron chi connectivity index (χ2n) is 3.88. The molecule has 2 atom stereocenters. The molecule has 1 saturated carbocycles. The summed E-state index contributed by atoms with van der Waals surface area (Å²) < 4.78 is 0. The largest absolute Gasteiger partial charge is 0.366 e. The van der Waals surface area contributed by atoms with E-state index >= 15 is 0 Å². The third-order valence-corrected chi connectivity index (χ3v) is 2.64. The molecule has 0 spiro atoms. The molecule has 2 rings (SSSR count). The summed E-state index contributed by atoms with van der Waals surface area (Å²) in [5.41, 5.74) is 5.90. The molecule has 0 radical (unpaired) electrons. The van der Waals surface area contributed by atoms with Gasteiger partial charge in [0.15, 0.2) is 0 Å². The number of hydrogen-bond acceptors (Lipinski definition) is 4. The van der Waals surface area contributed by atoms with E-state index in [1.165, 1.54) is 12.8 Å². The summed E-state index contributed by atoms with van der Waals surface area (Å²) in [7, 11) is 0. The molecule has 0 aromatic carbocycles. The summed E-state index contributed by atoms with van der Waals surface area (Å²) in [5.74, 6) is 0.853. The Bertz CT molecular complexity index is 275. The number of nitrogens with two attached hydrogens (primary N) is 1. The Balaban J connectivity index is 1.91. The van der Waals surface area contributed by atoms with Crippen LogP contribution in [0.4, 0.5) is 5.82 Å². The Kier molecular flexibility index (Phi) is 2.93. The van der Waals surface area contributed by atoms with Crippen LogP contribution in [0, 0.1) is 0 Å². The molecule has 76 valence electrons. The van der Waals surface area contributed by atoms with Gasteiger partial charge in [0.2, 0.25) is 0 Å². The van der Waals surface area contributed by atoms with Crippen LogP contribution in [0.1, 0.15) is 25.7 Å². The maximum atomic E-state index is 5.90. The fraction of sp³-hybridized carbons (Fsp3) is 0.600. The van der Waals surface area contributed by atoms with E-state index in [1.54, 1.807) is 6.20 Å². The highest BCUT2D eigenvalue weighted by molar-refractivity contribution is 5.33. The van der Waals surface area contributed by atoms with Gasteiger partial charge < -0.3 is 11.1 Å². The zero-order valence-corrected chi connectivity index (χ0v) is 8.19. The van der Waals surface area contributed by atoms with Gasteiger partial charge in [0.1, 0.15) is 5.82 Å². The van der Waals surface area contributed by atoms with Gasteiger partial charge in [-0.25, -0.2) is 0 Å². The molecule has 14 heavy (non-hydrogen) atoms. The fourth-order valence-electron chi connectivity index (χ4n) is 1.95. The van der Waals surface area contributed by atoms with Crippen LogP contribution >= 0.6 is 0 Å². The quantitative estimate of drug-likeness (QED) is 0.738. The molecule has 1 aliphatic rings. The lowest BCUT2D eigenvalue weighted by molar-refractivity contribution is 0.408. The minimum absolute atomic E-state index is 0.345. The van der Waals surface area contributed by atoms with Gasteiger partial charge in [-0.2, -0.15) is 5.10 Å². The topological polar surface area (TPSA) is 63.8 Å². The van der Waals surface area contributed by atoms with Gasteiger partial charge in [-0.15, -0.1) is 5.10 Å². The van der Waals surface area contributed by atoms with E-state index in [1.807, 2.05) is 12.1 Å². The molecular weight excluding hydrogens is 176 g/mol. The molecule has 0 aliphatic heterocycles. The van der Waals surface area contributed by atoms with Gasteiger partial charge in [-0.05, 0) is 37.8 Å². The molecule has 1 aromatic heterocycles. The second kappa shape index (κ2) is 4.37. The summed E-state index contributed by atoms with van der Waals surface area (Å²) in [6.07, 6.45) is 6.26. The highest BCUT2D eigenvalue weighted by Crippen LogP contribution is 2.19. The summed E-state index contributed by atoms with van der Waals surface area (Å²) in [4.78, 5) is 0. The standard InChI is InChI=1S/C10H16N4/c11-8-3-1-4-9(7-8)13-10-5-2-6-12-14-10/h2,5-6,8-9H,1,3-4,7,11H2,(H,13,14). The normalized spacial score (nSPS) is 27.2. The second-order valence-corrected chi connectivity index (χ2v) is 3.88. The fourth-order valence-corrected chi connectivity index (χ4v) is 1.95. The van der Waals surface area contributed by atoms with Crippen LogP contribution < -0.4 is 11.1 Å². The van der Waals surface area contributed by atoms with E-state index in [0.29, 0.717) is 12.1 Å². The Morgan fingerprint density at radius 1 is 1.43 bits per heavy atom. The summed E-state index contributed by atoms with van der Waals surface area (Å²) in [5, 5.41) is 11.2. The summed E-state index contributed by atoms with van der Waals surface area (Å²) >= 11 is 0. The van der Waals surface area contributed by atoms with E-state index in [9.17, 15) is 0 Å². The molecule has 3 N–H and O–H groups in total. The number of rotatable bonds is 2. The van der Waals surface area contributed by atoms with Crippen LogP contribution in [0.15, 0.2) is 18.3 Å². The van der Waals surface area contributed by atoms with Crippen molar-refractivity contribution in [1.82, 2.24) is 10.2 Å². The molecular formula is C10H16N4. The van der Waals surface area contributed by atoms with Gasteiger partial charge in [0, 0.05) is 18.3 Å². The Hall–Kier alpha value is -1.16. The van der Waals surface area contributed by atoms with E-state index < -0.39 is 0 Å². The van der Waals surface area contributed by atoms with Gasteiger partial charge in [-0.3, -0.25) is 0 Å². The molecule has 4 heteroatoms. The molecule has 1 aromatic rings. The number of anilines is 1. The first-order valence-electron chi connectivity index (χ1n) is 5.14. The smallest absolute Gasteiger partial charge is 0.148 e. The van der Waals surface area contributed by atoms with Crippen molar-refractivity contribution in [1.29, 1.82) is 0 Å². The molecule has 0 amide bonds. The highest BCUT2D eigenvalue weighted by atomic mass is 15.2. The van der Waals surface area contributed by atoms with Crippen molar-refractivity contribution in [3.8, 4) is 0 Å². The van der Waals surface area contributed by atoms with E-state index in [-0.39, 0.29) is 0 Å². The Labute approximate surface area is 83.9 Å². The lowest BCUT2D eigenvalue weighted by atomic mass is 9.92.